The fraction of sp³-hybridized carbons (Fsp3) is 0.0952. The van der Waals surface area contributed by atoms with E-state index in [0.29, 0.717) is 0 Å². The van der Waals surface area contributed by atoms with E-state index in [1.54, 1.807) is 4.90 Å². The highest BCUT2D eigenvalue weighted by Crippen LogP contribution is 2.49. The highest BCUT2D eigenvalue weighted by Gasteiger charge is 2.44. The van der Waals surface area contributed by atoms with Crippen molar-refractivity contribution < 1.29 is 9.53 Å². The van der Waals surface area contributed by atoms with Crippen LogP contribution < -0.4 is 4.90 Å². The molecule has 3 aromatic carbocycles. The number of benzene rings is 3. The van der Waals surface area contributed by atoms with E-state index in [1.807, 2.05) is 66.7 Å². The Morgan fingerprint density at radius 3 is 2.25 bits per heavy atom. The van der Waals surface area contributed by atoms with E-state index in [-0.39, 0.29) is 18.2 Å². The maximum absolute atomic E-state index is 12.9. The first kappa shape index (κ1) is 13.5. The van der Waals surface area contributed by atoms with E-state index >= 15 is 0 Å². The van der Waals surface area contributed by atoms with Gasteiger partial charge >= 0.3 is 0 Å². The van der Waals surface area contributed by atoms with E-state index in [9.17, 15) is 4.79 Å². The zero-order valence-corrected chi connectivity index (χ0v) is 12.9. The van der Waals surface area contributed by atoms with Gasteiger partial charge in [0, 0.05) is 16.7 Å². The minimum absolute atomic E-state index is 0.00885. The molecular weight excluding hydrogens is 298 g/mol. The lowest BCUT2D eigenvalue weighted by Gasteiger charge is -2.37. The van der Waals surface area contributed by atoms with Crippen molar-refractivity contribution in [2.75, 3.05) is 4.90 Å². The van der Waals surface area contributed by atoms with Crippen molar-refractivity contribution in [2.24, 2.45) is 0 Å². The fourth-order valence-electron chi connectivity index (χ4n) is 3.67. The molecule has 0 aliphatic carbocycles. The lowest BCUT2D eigenvalue weighted by molar-refractivity contribution is 0.00114. The third kappa shape index (κ3) is 1.79. The van der Waals surface area contributed by atoms with E-state index in [4.69, 9.17) is 4.74 Å². The van der Waals surface area contributed by atoms with Gasteiger partial charge in [0.05, 0.1) is 5.69 Å². The van der Waals surface area contributed by atoms with Crippen molar-refractivity contribution in [3.05, 3.63) is 101 Å². The Bertz CT molecular complexity index is 935. The Morgan fingerprint density at radius 1 is 0.750 bits per heavy atom. The van der Waals surface area contributed by atoms with Gasteiger partial charge in [-0.2, -0.15) is 0 Å². The third-order valence-corrected chi connectivity index (χ3v) is 4.76. The molecule has 24 heavy (non-hydrogen) atoms. The van der Waals surface area contributed by atoms with Gasteiger partial charge in [-0.3, -0.25) is 9.69 Å². The van der Waals surface area contributed by atoms with Crippen molar-refractivity contribution in [1.29, 1.82) is 0 Å². The molecule has 2 aliphatic heterocycles. The summed E-state index contributed by atoms with van der Waals surface area (Å²) in [5.41, 5.74) is 4.73. The van der Waals surface area contributed by atoms with Crippen LogP contribution in [0.5, 0.6) is 0 Å². The Labute approximate surface area is 140 Å². The highest BCUT2D eigenvalue weighted by atomic mass is 16.5. The van der Waals surface area contributed by atoms with Gasteiger partial charge in [-0.25, -0.2) is 0 Å². The van der Waals surface area contributed by atoms with Crippen molar-refractivity contribution in [2.45, 2.75) is 12.3 Å². The zero-order chi connectivity index (χ0) is 16.1. The van der Waals surface area contributed by atoms with Crippen LogP contribution in [0.3, 0.4) is 0 Å². The molecule has 3 heteroatoms. The summed E-state index contributed by atoms with van der Waals surface area (Å²) in [6.45, 7) is 0. The van der Waals surface area contributed by atoms with Crippen LogP contribution in [0.4, 0.5) is 5.69 Å². The number of carbonyl (C=O) groups is 1. The number of hydrogen-bond acceptors (Lipinski definition) is 2. The largest absolute Gasteiger partial charge is 0.341 e. The molecule has 116 valence electrons. The SMILES string of the molecule is O=C1c2ccccc2C2OC(c3ccccc3)c3ccccc3N12. The van der Waals surface area contributed by atoms with Crippen molar-refractivity contribution in [1.82, 2.24) is 0 Å². The topological polar surface area (TPSA) is 29.5 Å². The Hall–Kier alpha value is -2.91. The monoisotopic (exact) mass is 313 g/mol. The van der Waals surface area contributed by atoms with E-state index in [1.165, 1.54) is 0 Å². The number of para-hydroxylation sites is 1. The number of ether oxygens (including phenoxy) is 1. The minimum atomic E-state index is -0.367. The maximum Gasteiger partial charge on any atom is 0.261 e. The fourth-order valence-corrected chi connectivity index (χ4v) is 3.67. The summed E-state index contributed by atoms with van der Waals surface area (Å²) in [6.07, 6.45) is -0.545. The summed E-state index contributed by atoms with van der Waals surface area (Å²) in [5.74, 6) is 0.00885. The van der Waals surface area contributed by atoms with E-state index in [2.05, 4.69) is 12.1 Å². The maximum atomic E-state index is 12.9. The van der Waals surface area contributed by atoms with Crippen LogP contribution in [0.1, 0.15) is 39.4 Å². The summed E-state index contributed by atoms with van der Waals surface area (Å²) in [5, 5.41) is 0. The minimum Gasteiger partial charge on any atom is -0.341 e. The van der Waals surface area contributed by atoms with Gasteiger partial charge in [0.25, 0.3) is 5.91 Å². The van der Waals surface area contributed by atoms with Crippen LogP contribution in [0.15, 0.2) is 78.9 Å². The smallest absolute Gasteiger partial charge is 0.261 e. The van der Waals surface area contributed by atoms with Crippen LogP contribution >= 0.6 is 0 Å². The predicted molar refractivity (Wildman–Crippen MR) is 91.8 cm³/mol. The van der Waals surface area contributed by atoms with Gasteiger partial charge in [0.2, 0.25) is 0 Å². The third-order valence-electron chi connectivity index (χ3n) is 4.76. The van der Waals surface area contributed by atoms with Gasteiger partial charge in [-0.15, -0.1) is 0 Å². The quantitative estimate of drug-likeness (QED) is 0.663. The lowest BCUT2D eigenvalue weighted by Crippen LogP contribution is -2.35. The second kappa shape index (κ2) is 5.05. The normalized spacial score (nSPS) is 21.2. The summed E-state index contributed by atoms with van der Waals surface area (Å²) < 4.78 is 6.42. The zero-order valence-electron chi connectivity index (χ0n) is 12.9. The Morgan fingerprint density at radius 2 is 1.42 bits per heavy atom. The van der Waals surface area contributed by atoms with E-state index < -0.39 is 0 Å². The predicted octanol–water partition coefficient (Wildman–Crippen LogP) is 4.47. The first-order valence-electron chi connectivity index (χ1n) is 8.06. The molecule has 0 saturated carbocycles. The molecule has 0 bridgehead atoms. The molecule has 3 aromatic rings. The molecule has 0 saturated heterocycles. The number of fused-ring (bicyclic) bond motifs is 5. The molecular formula is C21H15NO2. The van der Waals surface area contributed by atoms with Crippen LogP contribution in [-0.2, 0) is 4.74 Å². The molecule has 2 heterocycles. The lowest BCUT2D eigenvalue weighted by atomic mass is 9.97. The van der Waals surface area contributed by atoms with Gasteiger partial charge in [-0.05, 0) is 17.7 Å². The van der Waals surface area contributed by atoms with Crippen molar-refractivity contribution in [3.63, 3.8) is 0 Å². The standard InChI is InChI=1S/C21H15NO2/c23-20-15-10-4-5-11-16(15)21-22(20)18-13-7-6-12-17(18)19(24-21)14-8-2-1-3-9-14/h1-13,19,21H. The van der Waals surface area contributed by atoms with Gasteiger partial charge in [-0.1, -0.05) is 66.7 Å². The number of carbonyl (C=O) groups excluding carboxylic acids is 1. The van der Waals surface area contributed by atoms with Crippen LogP contribution in [-0.4, -0.2) is 5.91 Å². The molecule has 2 atom stereocenters. The number of rotatable bonds is 1. The van der Waals surface area contributed by atoms with Gasteiger partial charge in [0.1, 0.15) is 6.10 Å². The van der Waals surface area contributed by atoms with Gasteiger partial charge in [0.15, 0.2) is 6.23 Å². The molecule has 2 aliphatic rings. The second-order valence-electron chi connectivity index (χ2n) is 6.10. The number of amides is 1. The van der Waals surface area contributed by atoms with Gasteiger partial charge < -0.3 is 4.74 Å². The Balaban J connectivity index is 1.72. The molecule has 3 nitrogen and oxygen atoms in total. The molecule has 0 N–H and O–H groups in total. The van der Waals surface area contributed by atoms with Crippen LogP contribution in [0.25, 0.3) is 0 Å². The molecule has 0 aromatic heterocycles. The molecule has 0 radical (unpaired) electrons. The highest BCUT2D eigenvalue weighted by molar-refractivity contribution is 6.11. The average molecular weight is 313 g/mol. The summed E-state index contributed by atoms with van der Waals surface area (Å²) in [4.78, 5) is 14.7. The molecule has 1 amide bonds. The molecule has 0 spiro atoms. The molecule has 0 fully saturated rings. The van der Waals surface area contributed by atoms with E-state index in [0.717, 1.165) is 27.9 Å². The van der Waals surface area contributed by atoms with Crippen molar-refractivity contribution in [3.8, 4) is 0 Å². The molecule has 5 rings (SSSR count). The number of hydrogen-bond donors (Lipinski definition) is 0. The Kier molecular flexibility index (Phi) is 2.84. The summed E-state index contributed by atoms with van der Waals surface area (Å²) in [7, 11) is 0. The van der Waals surface area contributed by atoms with Crippen LogP contribution in [0, 0.1) is 0 Å². The average Bonchev–Trinajstić information content (AvgIpc) is 2.95. The summed E-state index contributed by atoms with van der Waals surface area (Å²) in [6, 6.07) is 25.9. The van der Waals surface area contributed by atoms with Crippen molar-refractivity contribution >= 4 is 11.6 Å². The number of anilines is 1. The summed E-state index contributed by atoms with van der Waals surface area (Å²) >= 11 is 0. The second-order valence-corrected chi connectivity index (χ2v) is 6.10. The van der Waals surface area contributed by atoms with Crippen LogP contribution in [0.2, 0.25) is 0 Å². The first-order chi connectivity index (χ1) is 11.8. The number of nitrogens with zero attached hydrogens (tertiary/aromatic N) is 1. The first-order valence-corrected chi connectivity index (χ1v) is 8.06. The molecule has 2 unspecified atom stereocenters.